The van der Waals surface area contributed by atoms with E-state index in [0.29, 0.717) is 0 Å². The van der Waals surface area contributed by atoms with Crippen molar-refractivity contribution in [2.75, 3.05) is 6.54 Å². The van der Waals surface area contributed by atoms with Gasteiger partial charge in [0.25, 0.3) is 0 Å². The standard InChI is InChI=1S/C11H20ClN3/c1-5-15-10(9(12)8-14-15)6-7-13-11(2,3)4/h8,13H,5-7H2,1-4H3. The van der Waals surface area contributed by atoms with Crippen molar-refractivity contribution in [1.29, 1.82) is 0 Å². The lowest BCUT2D eigenvalue weighted by atomic mass is 10.1. The Morgan fingerprint density at radius 3 is 2.67 bits per heavy atom. The molecule has 0 aliphatic heterocycles. The van der Waals surface area contributed by atoms with Gasteiger partial charge in [-0.05, 0) is 27.7 Å². The number of aryl methyl sites for hydroxylation is 1. The second kappa shape index (κ2) is 4.99. The van der Waals surface area contributed by atoms with Gasteiger partial charge in [0, 0.05) is 25.0 Å². The fourth-order valence-corrected chi connectivity index (χ4v) is 1.70. The third-order valence-corrected chi connectivity index (χ3v) is 2.53. The molecule has 0 fully saturated rings. The van der Waals surface area contributed by atoms with Gasteiger partial charge in [-0.3, -0.25) is 4.68 Å². The molecule has 3 nitrogen and oxygen atoms in total. The van der Waals surface area contributed by atoms with Crippen LogP contribution in [0.4, 0.5) is 0 Å². The van der Waals surface area contributed by atoms with Crippen molar-refractivity contribution >= 4 is 11.6 Å². The van der Waals surface area contributed by atoms with Crippen LogP contribution in [0, 0.1) is 0 Å². The average Bonchev–Trinajstić information content (AvgIpc) is 2.46. The second-order valence-corrected chi connectivity index (χ2v) is 5.09. The molecule has 0 aliphatic carbocycles. The topological polar surface area (TPSA) is 29.9 Å². The number of hydrogen-bond donors (Lipinski definition) is 1. The van der Waals surface area contributed by atoms with Crippen LogP contribution in [0.5, 0.6) is 0 Å². The van der Waals surface area contributed by atoms with Gasteiger partial charge in [-0.2, -0.15) is 5.10 Å². The summed E-state index contributed by atoms with van der Waals surface area (Å²) < 4.78 is 1.95. The number of nitrogens with one attached hydrogen (secondary N) is 1. The maximum absolute atomic E-state index is 6.06. The molecular weight excluding hydrogens is 210 g/mol. The zero-order valence-electron chi connectivity index (χ0n) is 9.97. The minimum atomic E-state index is 0.156. The normalized spacial score (nSPS) is 12.1. The average molecular weight is 230 g/mol. The van der Waals surface area contributed by atoms with Gasteiger partial charge in [-0.25, -0.2) is 0 Å². The van der Waals surface area contributed by atoms with Crippen LogP contribution in [0.15, 0.2) is 6.20 Å². The van der Waals surface area contributed by atoms with E-state index in [0.717, 1.165) is 30.2 Å². The molecule has 1 heterocycles. The first-order chi connectivity index (χ1) is 6.94. The van der Waals surface area contributed by atoms with E-state index < -0.39 is 0 Å². The Hall–Kier alpha value is -0.540. The molecule has 0 saturated heterocycles. The van der Waals surface area contributed by atoms with Gasteiger partial charge >= 0.3 is 0 Å². The molecule has 0 aromatic carbocycles. The van der Waals surface area contributed by atoms with Crippen LogP contribution in [-0.2, 0) is 13.0 Å². The minimum absolute atomic E-state index is 0.156. The number of nitrogens with zero attached hydrogens (tertiary/aromatic N) is 2. The molecule has 0 radical (unpaired) electrons. The third-order valence-electron chi connectivity index (χ3n) is 2.21. The molecule has 4 heteroatoms. The lowest BCUT2D eigenvalue weighted by Gasteiger charge is -2.20. The van der Waals surface area contributed by atoms with Crippen molar-refractivity contribution in [2.24, 2.45) is 0 Å². The monoisotopic (exact) mass is 229 g/mol. The molecule has 0 unspecified atom stereocenters. The molecule has 1 N–H and O–H groups in total. The van der Waals surface area contributed by atoms with Crippen molar-refractivity contribution in [3.63, 3.8) is 0 Å². The van der Waals surface area contributed by atoms with Crippen LogP contribution in [0.2, 0.25) is 5.02 Å². The smallest absolute Gasteiger partial charge is 0.0818 e. The fourth-order valence-electron chi connectivity index (χ4n) is 1.46. The van der Waals surface area contributed by atoms with Gasteiger partial charge < -0.3 is 5.32 Å². The van der Waals surface area contributed by atoms with Gasteiger partial charge in [0.05, 0.1) is 16.9 Å². The van der Waals surface area contributed by atoms with Crippen molar-refractivity contribution in [3.05, 3.63) is 16.9 Å². The van der Waals surface area contributed by atoms with E-state index in [1.165, 1.54) is 0 Å². The highest BCUT2D eigenvalue weighted by atomic mass is 35.5. The zero-order valence-corrected chi connectivity index (χ0v) is 10.7. The zero-order chi connectivity index (χ0) is 11.5. The molecule has 0 saturated carbocycles. The van der Waals surface area contributed by atoms with Crippen LogP contribution in [0.25, 0.3) is 0 Å². The van der Waals surface area contributed by atoms with E-state index in [1.54, 1.807) is 6.20 Å². The summed E-state index contributed by atoms with van der Waals surface area (Å²) in [7, 11) is 0. The summed E-state index contributed by atoms with van der Waals surface area (Å²) in [6.07, 6.45) is 2.64. The predicted octanol–water partition coefficient (Wildman–Crippen LogP) is 2.49. The Balaban J connectivity index is 2.53. The predicted molar refractivity (Wildman–Crippen MR) is 64.4 cm³/mol. The van der Waals surface area contributed by atoms with Crippen LogP contribution >= 0.6 is 11.6 Å². The van der Waals surface area contributed by atoms with Crippen LogP contribution < -0.4 is 5.32 Å². The van der Waals surface area contributed by atoms with Gasteiger partial charge in [0.2, 0.25) is 0 Å². The first-order valence-corrected chi connectivity index (χ1v) is 5.77. The highest BCUT2D eigenvalue weighted by Gasteiger charge is 2.11. The summed E-state index contributed by atoms with van der Waals surface area (Å²) in [6, 6.07) is 0. The first-order valence-electron chi connectivity index (χ1n) is 5.39. The largest absolute Gasteiger partial charge is 0.312 e. The molecule has 0 aliphatic rings. The maximum Gasteiger partial charge on any atom is 0.0818 e. The molecule has 0 bridgehead atoms. The molecule has 1 rings (SSSR count). The summed E-state index contributed by atoms with van der Waals surface area (Å²) in [5.41, 5.74) is 1.28. The Labute approximate surface area is 96.8 Å². The number of hydrogen-bond acceptors (Lipinski definition) is 2. The lowest BCUT2D eigenvalue weighted by Crippen LogP contribution is -2.37. The molecular formula is C11H20ClN3. The maximum atomic E-state index is 6.06. The Bertz CT molecular complexity index is 312. The summed E-state index contributed by atoms with van der Waals surface area (Å²) in [4.78, 5) is 0. The number of halogens is 1. The molecule has 0 amide bonds. The van der Waals surface area contributed by atoms with Crippen LogP contribution in [-0.4, -0.2) is 21.9 Å². The fraction of sp³-hybridized carbons (Fsp3) is 0.727. The minimum Gasteiger partial charge on any atom is -0.312 e. The van der Waals surface area contributed by atoms with E-state index >= 15 is 0 Å². The van der Waals surface area contributed by atoms with Gasteiger partial charge in [-0.15, -0.1) is 0 Å². The molecule has 1 aromatic rings. The van der Waals surface area contributed by atoms with Crippen molar-refractivity contribution in [1.82, 2.24) is 15.1 Å². The SMILES string of the molecule is CCn1ncc(Cl)c1CCNC(C)(C)C. The van der Waals surface area contributed by atoms with Crippen molar-refractivity contribution in [2.45, 2.75) is 46.2 Å². The summed E-state index contributed by atoms with van der Waals surface area (Å²) in [5.74, 6) is 0. The highest BCUT2D eigenvalue weighted by Crippen LogP contribution is 2.15. The number of rotatable bonds is 4. The highest BCUT2D eigenvalue weighted by molar-refractivity contribution is 6.31. The molecule has 0 spiro atoms. The first kappa shape index (κ1) is 12.5. The van der Waals surface area contributed by atoms with E-state index in [-0.39, 0.29) is 5.54 Å². The quantitative estimate of drug-likeness (QED) is 0.860. The lowest BCUT2D eigenvalue weighted by molar-refractivity contribution is 0.425. The summed E-state index contributed by atoms with van der Waals surface area (Å²) in [5, 5.41) is 8.42. The van der Waals surface area contributed by atoms with Gasteiger partial charge in [0.1, 0.15) is 0 Å². The Morgan fingerprint density at radius 2 is 2.13 bits per heavy atom. The molecule has 15 heavy (non-hydrogen) atoms. The Morgan fingerprint density at radius 1 is 1.47 bits per heavy atom. The Kier molecular flexibility index (Phi) is 4.17. The van der Waals surface area contributed by atoms with Crippen LogP contribution in [0.1, 0.15) is 33.4 Å². The third kappa shape index (κ3) is 3.84. The molecule has 1 aromatic heterocycles. The van der Waals surface area contributed by atoms with Gasteiger partial charge in [-0.1, -0.05) is 11.6 Å². The van der Waals surface area contributed by atoms with Crippen molar-refractivity contribution in [3.8, 4) is 0 Å². The van der Waals surface area contributed by atoms with E-state index in [1.807, 2.05) is 4.68 Å². The molecule has 0 atom stereocenters. The van der Waals surface area contributed by atoms with Gasteiger partial charge in [0.15, 0.2) is 0 Å². The number of aromatic nitrogens is 2. The molecule has 86 valence electrons. The summed E-state index contributed by atoms with van der Waals surface area (Å²) >= 11 is 6.06. The second-order valence-electron chi connectivity index (χ2n) is 4.68. The summed E-state index contributed by atoms with van der Waals surface area (Å²) in [6.45, 7) is 10.3. The van der Waals surface area contributed by atoms with E-state index in [4.69, 9.17) is 11.6 Å². The van der Waals surface area contributed by atoms with E-state index in [9.17, 15) is 0 Å². The van der Waals surface area contributed by atoms with E-state index in [2.05, 4.69) is 38.1 Å². The van der Waals surface area contributed by atoms with Crippen molar-refractivity contribution < 1.29 is 0 Å². The van der Waals surface area contributed by atoms with Crippen LogP contribution in [0.3, 0.4) is 0 Å².